The number of rotatable bonds is 5. The van der Waals surface area contributed by atoms with Crippen LogP contribution < -0.4 is 4.90 Å². The summed E-state index contributed by atoms with van der Waals surface area (Å²) in [5, 5.41) is 5.35. The van der Waals surface area contributed by atoms with Crippen LogP contribution in [0.5, 0.6) is 0 Å². The van der Waals surface area contributed by atoms with Crippen LogP contribution in [0.4, 0.5) is 32.0 Å². The van der Waals surface area contributed by atoms with Crippen LogP contribution >= 0.6 is 0 Å². The Morgan fingerprint density at radius 3 is 1.65 bits per heavy atom. The van der Waals surface area contributed by atoms with E-state index < -0.39 is 23.5 Å². The van der Waals surface area contributed by atoms with Crippen molar-refractivity contribution in [2.45, 2.75) is 32.4 Å². The standard InChI is InChI=1S/C25H21F6N3/c1-16-22-13-21(11-12-23(22)32-33(16)2)34(14-17-3-7-19(8-4-17)24(26,27)28)15-18-5-9-20(10-6-18)25(29,30)31/h3-13H,14-15H2,1-2H3. The van der Waals surface area contributed by atoms with Crippen molar-refractivity contribution in [3.8, 4) is 0 Å². The topological polar surface area (TPSA) is 21.1 Å². The highest BCUT2D eigenvalue weighted by molar-refractivity contribution is 5.85. The van der Waals surface area contributed by atoms with E-state index in [2.05, 4.69) is 5.10 Å². The first kappa shape index (κ1) is 23.7. The Hall–Kier alpha value is -3.49. The molecule has 0 spiro atoms. The van der Waals surface area contributed by atoms with E-state index in [-0.39, 0.29) is 13.1 Å². The van der Waals surface area contributed by atoms with Crippen LogP contribution in [0.15, 0.2) is 66.7 Å². The molecule has 0 aliphatic heterocycles. The van der Waals surface area contributed by atoms with Crippen LogP contribution in [-0.4, -0.2) is 9.78 Å². The lowest BCUT2D eigenvalue weighted by molar-refractivity contribution is -0.138. The van der Waals surface area contributed by atoms with Gasteiger partial charge < -0.3 is 4.90 Å². The average Bonchev–Trinajstić information content (AvgIpc) is 3.06. The molecule has 0 fully saturated rings. The van der Waals surface area contributed by atoms with Crippen molar-refractivity contribution in [2.75, 3.05) is 4.90 Å². The lowest BCUT2D eigenvalue weighted by Crippen LogP contribution is -2.22. The van der Waals surface area contributed by atoms with Gasteiger partial charge in [-0.05, 0) is 60.5 Å². The molecule has 1 heterocycles. The number of aryl methyl sites for hydroxylation is 2. The molecule has 0 aliphatic rings. The van der Waals surface area contributed by atoms with Gasteiger partial charge in [-0.1, -0.05) is 24.3 Å². The number of hydrogen-bond donors (Lipinski definition) is 0. The number of nitrogens with zero attached hydrogens (tertiary/aromatic N) is 3. The molecule has 0 atom stereocenters. The van der Waals surface area contributed by atoms with Crippen molar-refractivity contribution in [1.82, 2.24) is 9.78 Å². The average molecular weight is 477 g/mol. The predicted molar refractivity (Wildman–Crippen MR) is 118 cm³/mol. The summed E-state index contributed by atoms with van der Waals surface area (Å²) < 4.78 is 79.4. The molecule has 1 aromatic heterocycles. The van der Waals surface area contributed by atoms with E-state index in [1.54, 1.807) is 4.68 Å². The summed E-state index contributed by atoms with van der Waals surface area (Å²) in [5.41, 5.74) is 2.33. The predicted octanol–water partition coefficient (Wildman–Crippen LogP) is 7.13. The van der Waals surface area contributed by atoms with Gasteiger partial charge in [-0.15, -0.1) is 0 Å². The number of fused-ring (bicyclic) bond motifs is 1. The van der Waals surface area contributed by atoms with Gasteiger partial charge in [-0.2, -0.15) is 31.4 Å². The monoisotopic (exact) mass is 477 g/mol. The zero-order valence-electron chi connectivity index (χ0n) is 18.4. The third-order valence-electron chi connectivity index (χ3n) is 5.79. The Bertz CT molecular complexity index is 1230. The third-order valence-corrected chi connectivity index (χ3v) is 5.79. The van der Waals surface area contributed by atoms with E-state index in [1.165, 1.54) is 24.3 Å². The fourth-order valence-electron chi connectivity index (χ4n) is 3.79. The minimum Gasteiger partial charge on any atom is -0.363 e. The highest BCUT2D eigenvalue weighted by Crippen LogP contribution is 2.32. The van der Waals surface area contributed by atoms with E-state index in [4.69, 9.17) is 0 Å². The Labute approximate surface area is 192 Å². The molecule has 0 bridgehead atoms. The van der Waals surface area contributed by atoms with Crippen LogP contribution in [0.3, 0.4) is 0 Å². The number of hydrogen-bond acceptors (Lipinski definition) is 2. The second-order valence-corrected chi connectivity index (χ2v) is 8.16. The minimum absolute atomic E-state index is 0.268. The SMILES string of the molecule is Cc1c2cc(N(Cc3ccc(C(F)(F)F)cc3)Cc3ccc(C(F)(F)F)cc3)ccc2nn1C. The Balaban J connectivity index is 1.68. The van der Waals surface area contributed by atoms with Gasteiger partial charge in [0.1, 0.15) is 0 Å². The van der Waals surface area contributed by atoms with Crippen molar-refractivity contribution in [3.05, 3.63) is 94.7 Å². The van der Waals surface area contributed by atoms with E-state index in [1.807, 2.05) is 37.1 Å². The molecule has 0 aliphatic carbocycles. The first-order chi connectivity index (χ1) is 15.9. The molecule has 178 valence electrons. The van der Waals surface area contributed by atoms with Crippen molar-refractivity contribution < 1.29 is 26.3 Å². The molecule has 3 nitrogen and oxygen atoms in total. The van der Waals surface area contributed by atoms with Gasteiger partial charge in [-0.25, -0.2) is 0 Å². The van der Waals surface area contributed by atoms with Crippen molar-refractivity contribution in [2.24, 2.45) is 7.05 Å². The Kier molecular flexibility index (Phi) is 6.05. The van der Waals surface area contributed by atoms with Gasteiger partial charge in [-0.3, -0.25) is 4.68 Å². The maximum Gasteiger partial charge on any atom is 0.416 e. The van der Waals surface area contributed by atoms with Crippen LogP contribution in [0.1, 0.15) is 27.9 Å². The highest BCUT2D eigenvalue weighted by Gasteiger charge is 2.31. The summed E-state index contributed by atoms with van der Waals surface area (Å²) >= 11 is 0. The number of aromatic nitrogens is 2. The number of anilines is 1. The summed E-state index contributed by atoms with van der Waals surface area (Å²) in [4.78, 5) is 1.91. The molecule has 0 amide bonds. The number of alkyl halides is 6. The third kappa shape index (κ3) is 5.03. The minimum atomic E-state index is -4.43. The molecular formula is C25H21F6N3. The molecule has 0 unspecified atom stereocenters. The molecule has 0 radical (unpaired) electrons. The lowest BCUT2D eigenvalue weighted by Gasteiger charge is -2.26. The van der Waals surface area contributed by atoms with Crippen LogP contribution in [-0.2, 0) is 32.5 Å². The lowest BCUT2D eigenvalue weighted by atomic mass is 10.1. The first-order valence-electron chi connectivity index (χ1n) is 10.4. The molecule has 4 aromatic rings. The van der Waals surface area contributed by atoms with E-state index in [0.29, 0.717) is 11.1 Å². The second-order valence-electron chi connectivity index (χ2n) is 8.16. The van der Waals surface area contributed by atoms with Gasteiger partial charge in [0, 0.05) is 36.9 Å². The van der Waals surface area contributed by atoms with Crippen LogP contribution in [0.2, 0.25) is 0 Å². The summed E-state index contributed by atoms with van der Waals surface area (Å²) in [5.74, 6) is 0. The Morgan fingerprint density at radius 2 is 1.21 bits per heavy atom. The highest BCUT2D eigenvalue weighted by atomic mass is 19.4. The largest absolute Gasteiger partial charge is 0.416 e. The fourth-order valence-corrected chi connectivity index (χ4v) is 3.79. The van der Waals surface area contributed by atoms with Crippen molar-refractivity contribution in [3.63, 3.8) is 0 Å². The maximum atomic E-state index is 12.9. The van der Waals surface area contributed by atoms with Gasteiger partial charge in [0.25, 0.3) is 0 Å². The number of halogens is 6. The quantitative estimate of drug-likeness (QED) is 0.285. The molecule has 0 N–H and O–H groups in total. The number of benzene rings is 3. The molecule has 34 heavy (non-hydrogen) atoms. The fraction of sp³-hybridized carbons (Fsp3) is 0.240. The van der Waals surface area contributed by atoms with Gasteiger partial charge >= 0.3 is 12.4 Å². The van der Waals surface area contributed by atoms with E-state index in [9.17, 15) is 26.3 Å². The molecular weight excluding hydrogens is 456 g/mol. The van der Waals surface area contributed by atoms with Crippen LogP contribution in [0.25, 0.3) is 10.9 Å². The van der Waals surface area contributed by atoms with E-state index >= 15 is 0 Å². The normalized spacial score (nSPS) is 12.4. The molecule has 9 heteroatoms. The van der Waals surface area contributed by atoms with Crippen LogP contribution in [0, 0.1) is 6.92 Å². The van der Waals surface area contributed by atoms with Crippen molar-refractivity contribution >= 4 is 16.6 Å². The zero-order valence-corrected chi connectivity index (χ0v) is 18.4. The maximum absolute atomic E-state index is 12.9. The smallest absolute Gasteiger partial charge is 0.363 e. The van der Waals surface area contributed by atoms with Gasteiger partial charge in [0.05, 0.1) is 16.6 Å². The molecule has 3 aromatic carbocycles. The van der Waals surface area contributed by atoms with Crippen molar-refractivity contribution in [1.29, 1.82) is 0 Å². The summed E-state index contributed by atoms with van der Waals surface area (Å²) in [6.45, 7) is 2.46. The molecule has 0 saturated carbocycles. The Morgan fingerprint density at radius 1 is 0.735 bits per heavy atom. The van der Waals surface area contributed by atoms with E-state index in [0.717, 1.165) is 46.5 Å². The molecule has 0 saturated heterocycles. The molecule has 4 rings (SSSR count). The van der Waals surface area contributed by atoms with Gasteiger partial charge in [0.15, 0.2) is 0 Å². The first-order valence-corrected chi connectivity index (χ1v) is 10.4. The summed E-state index contributed by atoms with van der Waals surface area (Å²) in [6.07, 6.45) is -8.86. The summed E-state index contributed by atoms with van der Waals surface area (Å²) in [6, 6.07) is 15.4. The second kappa shape index (κ2) is 8.70. The zero-order chi connectivity index (χ0) is 24.7. The van der Waals surface area contributed by atoms with Gasteiger partial charge in [0.2, 0.25) is 0 Å². The summed E-state index contributed by atoms with van der Waals surface area (Å²) in [7, 11) is 1.83.